The molecule has 0 amide bonds. The van der Waals surface area contributed by atoms with Crippen LogP contribution in [0.25, 0.3) is 11.4 Å². The summed E-state index contributed by atoms with van der Waals surface area (Å²) in [5, 5.41) is 0. The largest absolute Gasteiger partial charge is 0.236 e. The first-order valence-corrected chi connectivity index (χ1v) is 6.84. The molecule has 0 spiro atoms. The fourth-order valence-corrected chi connectivity index (χ4v) is 2.37. The molecule has 0 N–H and O–H groups in total. The summed E-state index contributed by atoms with van der Waals surface area (Å²) in [7, 11) is 0. The van der Waals surface area contributed by atoms with E-state index in [9.17, 15) is 4.39 Å². The average molecular weight is 330 g/mol. The second kappa shape index (κ2) is 5.76. The number of alkyl halides is 1. The predicted octanol–water partition coefficient (Wildman–Crippen LogP) is 4.35. The number of halogens is 3. The highest BCUT2D eigenvalue weighted by atomic mass is 79.9. The van der Waals surface area contributed by atoms with Crippen molar-refractivity contribution in [2.75, 3.05) is 0 Å². The molecular weight excluding hydrogens is 319 g/mol. The van der Waals surface area contributed by atoms with Gasteiger partial charge < -0.3 is 0 Å². The molecule has 0 saturated carbocycles. The van der Waals surface area contributed by atoms with E-state index >= 15 is 0 Å². The van der Waals surface area contributed by atoms with Crippen LogP contribution in [0.4, 0.5) is 4.39 Å². The molecule has 0 atom stereocenters. The minimum atomic E-state index is -0.317. The van der Waals surface area contributed by atoms with Gasteiger partial charge in [0, 0.05) is 27.5 Å². The quantitative estimate of drug-likeness (QED) is 0.783. The third kappa shape index (κ3) is 2.87. The molecule has 2 rings (SSSR count). The molecule has 0 aliphatic heterocycles. The van der Waals surface area contributed by atoms with E-state index in [1.54, 1.807) is 12.3 Å². The Morgan fingerprint density at radius 1 is 1.33 bits per heavy atom. The lowest BCUT2D eigenvalue weighted by atomic mass is 10.1. The van der Waals surface area contributed by atoms with Crippen LogP contribution >= 0.6 is 27.5 Å². The summed E-state index contributed by atoms with van der Waals surface area (Å²) in [6.07, 6.45) is 2.47. The van der Waals surface area contributed by atoms with Crippen LogP contribution < -0.4 is 0 Å². The molecule has 0 aliphatic rings. The van der Waals surface area contributed by atoms with Crippen LogP contribution in [0.1, 0.15) is 18.2 Å². The lowest BCUT2D eigenvalue weighted by Crippen LogP contribution is -1.99. The van der Waals surface area contributed by atoms with Gasteiger partial charge in [0.1, 0.15) is 5.82 Å². The molecule has 2 nitrogen and oxygen atoms in total. The minimum absolute atomic E-state index is 0.317. The van der Waals surface area contributed by atoms with E-state index in [1.807, 2.05) is 6.92 Å². The molecule has 1 heterocycles. The maximum Gasteiger partial charge on any atom is 0.159 e. The highest BCUT2D eigenvalue weighted by Gasteiger charge is 2.08. The molecular formula is C13H11BrClFN2. The van der Waals surface area contributed by atoms with Crippen molar-refractivity contribution in [2.45, 2.75) is 19.2 Å². The number of rotatable bonds is 3. The van der Waals surface area contributed by atoms with Crippen molar-refractivity contribution < 1.29 is 4.39 Å². The van der Waals surface area contributed by atoms with Gasteiger partial charge in [0.05, 0.1) is 5.88 Å². The highest BCUT2D eigenvalue weighted by molar-refractivity contribution is 9.10. The van der Waals surface area contributed by atoms with Crippen LogP contribution in [0.2, 0.25) is 0 Å². The van der Waals surface area contributed by atoms with Gasteiger partial charge in [0.25, 0.3) is 0 Å². The monoisotopic (exact) mass is 328 g/mol. The van der Waals surface area contributed by atoms with Gasteiger partial charge >= 0.3 is 0 Å². The lowest BCUT2D eigenvalue weighted by Gasteiger charge is -2.07. The first-order chi connectivity index (χ1) is 8.63. The Labute approximate surface area is 118 Å². The summed E-state index contributed by atoms with van der Waals surface area (Å²) in [5.41, 5.74) is 2.46. The average Bonchev–Trinajstić information content (AvgIpc) is 2.36. The van der Waals surface area contributed by atoms with Crippen molar-refractivity contribution in [3.05, 3.63) is 45.9 Å². The Kier molecular flexibility index (Phi) is 4.30. The van der Waals surface area contributed by atoms with E-state index in [0.29, 0.717) is 21.7 Å². The topological polar surface area (TPSA) is 25.8 Å². The second-order valence-corrected chi connectivity index (χ2v) is 4.99. The maximum absolute atomic E-state index is 13.3. The van der Waals surface area contributed by atoms with E-state index in [4.69, 9.17) is 11.6 Å². The minimum Gasteiger partial charge on any atom is -0.236 e. The molecule has 0 saturated heterocycles. The van der Waals surface area contributed by atoms with E-state index in [2.05, 4.69) is 25.9 Å². The first kappa shape index (κ1) is 13.4. The van der Waals surface area contributed by atoms with Gasteiger partial charge in [-0.1, -0.05) is 22.9 Å². The Balaban J connectivity index is 2.50. The van der Waals surface area contributed by atoms with Gasteiger partial charge in [-0.3, -0.25) is 0 Å². The van der Waals surface area contributed by atoms with Gasteiger partial charge in [0.15, 0.2) is 5.82 Å². The van der Waals surface area contributed by atoms with Crippen LogP contribution in [0.5, 0.6) is 0 Å². The smallest absolute Gasteiger partial charge is 0.159 e. The summed E-state index contributed by atoms with van der Waals surface area (Å²) >= 11 is 9.07. The Hall–Kier alpha value is -1.00. The van der Waals surface area contributed by atoms with Gasteiger partial charge in [-0.25, -0.2) is 14.4 Å². The molecule has 0 aliphatic carbocycles. The summed E-state index contributed by atoms with van der Waals surface area (Å²) < 4.78 is 14.0. The van der Waals surface area contributed by atoms with Crippen molar-refractivity contribution in [2.24, 2.45) is 0 Å². The number of benzene rings is 1. The summed E-state index contributed by atoms with van der Waals surface area (Å²) in [6, 6.07) is 4.61. The number of aryl methyl sites for hydroxylation is 1. The van der Waals surface area contributed by atoms with Crippen molar-refractivity contribution in [3.63, 3.8) is 0 Å². The summed E-state index contributed by atoms with van der Waals surface area (Å²) in [5.74, 6) is 0.583. The zero-order valence-corrected chi connectivity index (χ0v) is 12.1. The van der Waals surface area contributed by atoms with E-state index in [0.717, 1.165) is 17.7 Å². The first-order valence-electron chi connectivity index (χ1n) is 5.51. The standard InChI is InChI=1S/C13H11BrClFN2/c1-2-12-9(6-15)7-17-13(18-12)8-3-10(14)5-11(16)4-8/h3-5,7H,2,6H2,1H3. The van der Waals surface area contributed by atoms with Crippen molar-refractivity contribution in [1.29, 1.82) is 0 Å². The molecule has 2 aromatic rings. The van der Waals surface area contributed by atoms with Gasteiger partial charge in [-0.15, -0.1) is 11.6 Å². The highest BCUT2D eigenvalue weighted by Crippen LogP contribution is 2.23. The third-order valence-corrected chi connectivity index (χ3v) is 3.30. The molecule has 18 heavy (non-hydrogen) atoms. The van der Waals surface area contributed by atoms with Crippen LogP contribution in [0.15, 0.2) is 28.9 Å². The second-order valence-electron chi connectivity index (χ2n) is 3.81. The molecule has 0 bridgehead atoms. The summed E-state index contributed by atoms with van der Waals surface area (Å²) in [6.45, 7) is 2.00. The third-order valence-electron chi connectivity index (χ3n) is 2.55. The number of nitrogens with zero attached hydrogens (tertiary/aromatic N) is 2. The van der Waals surface area contributed by atoms with Gasteiger partial charge in [-0.2, -0.15) is 0 Å². The molecule has 0 radical (unpaired) electrons. The van der Waals surface area contributed by atoms with Crippen molar-refractivity contribution in [1.82, 2.24) is 9.97 Å². The van der Waals surface area contributed by atoms with Crippen LogP contribution in [0.3, 0.4) is 0 Å². The number of aromatic nitrogens is 2. The van der Waals surface area contributed by atoms with E-state index in [-0.39, 0.29) is 5.82 Å². The summed E-state index contributed by atoms with van der Waals surface area (Å²) in [4.78, 5) is 8.66. The number of hydrogen-bond acceptors (Lipinski definition) is 2. The zero-order chi connectivity index (χ0) is 13.1. The van der Waals surface area contributed by atoms with Crippen molar-refractivity contribution in [3.8, 4) is 11.4 Å². The molecule has 1 aromatic carbocycles. The van der Waals surface area contributed by atoms with Crippen LogP contribution in [-0.4, -0.2) is 9.97 Å². The lowest BCUT2D eigenvalue weighted by molar-refractivity contribution is 0.627. The molecule has 0 unspecified atom stereocenters. The molecule has 94 valence electrons. The van der Waals surface area contributed by atoms with Crippen LogP contribution in [-0.2, 0) is 12.3 Å². The number of hydrogen-bond donors (Lipinski definition) is 0. The maximum atomic E-state index is 13.3. The Morgan fingerprint density at radius 3 is 2.72 bits per heavy atom. The fraction of sp³-hybridized carbons (Fsp3) is 0.231. The Bertz CT molecular complexity index is 555. The zero-order valence-electron chi connectivity index (χ0n) is 9.75. The van der Waals surface area contributed by atoms with Gasteiger partial charge in [0.2, 0.25) is 0 Å². The van der Waals surface area contributed by atoms with E-state index < -0.39 is 0 Å². The van der Waals surface area contributed by atoms with E-state index in [1.165, 1.54) is 12.1 Å². The Morgan fingerprint density at radius 2 is 2.11 bits per heavy atom. The molecule has 1 aromatic heterocycles. The van der Waals surface area contributed by atoms with Crippen LogP contribution in [0, 0.1) is 5.82 Å². The predicted molar refractivity (Wildman–Crippen MR) is 74.1 cm³/mol. The SMILES string of the molecule is CCc1nc(-c2cc(F)cc(Br)c2)ncc1CCl. The normalized spacial score (nSPS) is 10.7. The molecule has 0 fully saturated rings. The fourth-order valence-electron chi connectivity index (χ4n) is 1.68. The molecule has 5 heteroatoms. The van der Waals surface area contributed by atoms with Crippen molar-refractivity contribution >= 4 is 27.5 Å². The van der Waals surface area contributed by atoms with Gasteiger partial charge in [-0.05, 0) is 24.6 Å².